The number of carboxylic acids is 1. The van der Waals surface area contributed by atoms with Crippen LogP contribution >= 0.6 is 11.3 Å². The van der Waals surface area contributed by atoms with Crippen LogP contribution in [0.15, 0.2) is 30.3 Å². The van der Waals surface area contributed by atoms with E-state index in [1.54, 1.807) is 17.4 Å². The van der Waals surface area contributed by atoms with E-state index in [2.05, 4.69) is 13.0 Å². The second-order valence-electron chi connectivity index (χ2n) is 5.46. The fraction of sp³-hybridized carbons (Fsp3) is 0.222. The van der Waals surface area contributed by atoms with Crippen LogP contribution < -0.4 is 0 Å². The third-order valence-electron chi connectivity index (χ3n) is 3.74. The van der Waals surface area contributed by atoms with Crippen LogP contribution in [0.3, 0.4) is 0 Å². The Labute approximate surface area is 133 Å². The minimum absolute atomic E-state index is 0.323. The van der Waals surface area contributed by atoms with Gasteiger partial charge in [-0.1, -0.05) is 13.0 Å². The van der Waals surface area contributed by atoms with Crippen molar-refractivity contribution >= 4 is 28.2 Å². The molecule has 3 nitrogen and oxygen atoms in total. The number of aromatic nitrogens is 1. The van der Waals surface area contributed by atoms with Gasteiger partial charge in [-0.05, 0) is 55.7 Å². The molecule has 3 aromatic rings. The largest absolute Gasteiger partial charge is 0.478 e. The second-order valence-corrected chi connectivity index (χ2v) is 6.62. The number of hydrogen-bond acceptors (Lipinski definition) is 3. The fourth-order valence-electron chi connectivity index (χ4n) is 2.76. The van der Waals surface area contributed by atoms with E-state index in [0.717, 1.165) is 39.0 Å². The summed E-state index contributed by atoms with van der Waals surface area (Å²) in [6.45, 7) is 6.05. The van der Waals surface area contributed by atoms with Crippen molar-refractivity contribution in [3.63, 3.8) is 0 Å². The van der Waals surface area contributed by atoms with E-state index in [1.165, 1.54) is 4.88 Å². The summed E-state index contributed by atoms with van der Waals surface area (Å²) in [7, 11) is 0. The summed E-state index contributed by atoms with van der Waals surface area (Å²) in [5, 5.41) is 10.3. The lowest BCUT2D eigenvalue weighted by Crippen LogP contribution is -2.01. The van der Waals surface area contributed by atoms with Gasteiger partial charge < -0.3 is 5.11 Å². The number of carboxylic acid groups (broad SMARTS) is 1. The lowest BCUT2D eigenvalue weighted by atomic mass is 10.0. The first-order chi connectivity index (χ1) is 10.5. The van der Waals surface area contributed by atoms with Crippen molar-refractivity contribution in [2.75, 3.05) is 0 Å². The van der Waals surface area contributed by atoms with Crippen molar-refractivity contribution in [2.45, 2.75) is 27.2 Å². The van der Waals surface area contributed by atoms with Gasteiger partial charge in [-0.15, -0.1) is 11.3 Å². The number of fused-ring (bicyclic) bond motifs is 1. The smallest absolute Gasteiger partial charge is 0.336 e. The molecular formula is C18H17NO2S. The zero-order chi connectivity index (χ0) is 15.9. The highest BCUT2D eigenvalue weighted by Gasteiger charge is 2.16. The first kappa shape index (κ1) is 14.7. The Kier molecular flexibility index (Phi) is 3.71. The van der Waals surface area contributed by atoms with Gasteiger partial charge in [0.1, 0.15) is 0 Å². The van der Waals surface area contributed by atoms with Crippen molar-refractivity contribution in [3.05, 3.63) is 51.9 Å². The van der Waals surface area contributed by atoms with Crippen molar-refractivity contribution in [1.82, 2.24) is 4.98 Å². The van der Waals surface area contributed by atoms with Gasteiger partial charge in [0.05, 0.1) is 21.7 Å². The summed E-state index contributed by atoms with van der Waals surface area (Å²) in [5.41, 5.74) is 3.85. The highest BCUT2D eigenvalue weighted by atomic mass is 32.1. The van der Waals surface area contributed by atoms with Gasteiger partial charge in [-0.25, -0.2) is 9.78 Å². The number of carbonyl (C=O) groups is 1. The van der Waals surface area contributed by atoms with Gasteiger partial charge in [0, 0.05) is 10.3 Å². The first-order valence-corrected chi connectivity index (χ1v) is 8.05. The second kappa shape index (κ2) is 5.54. The minimum Gasteiger partial charge on any atom is -0.478 e. The van der Waals surface area contributed by atoms with Gasteiger partial charge in [-0.3, -0.25) is 0 Å². The predicted octanol–water partition coefficient (Wildman–Crippen LogP) is 4.84. The van der Waals surface area contributed by atoms with Crippen LogP contribution in [0.2, 0.25) is 0 Å². The van der Waals surface area contributed by atoms with E-state index in [4.69, 9.17) is 4.98 Å². The number of nitrogens with zero attached hydrogens (tertiary/aromatic N) is 1. The monoisotopic (exact) mass is 311 g/mol. The molecule has 4 heteroatoms. The Morgan fingerprint density at radius 2 is 2.00 bits per heavy atom. The fourth-order valence-corrected chi connectivity index (χ4v) is 3.66. The molecule has 1 aromatic carbocycles. The quantitative estimate of drug-likeness (QED) is 0.753. The Morgan fingerprint density at radius 1 is 1.23 bits per heavy atom. The van der Waals surface area contributed by atoms with Crippen LogP contribution in [0.25, 0.3) is 21.5 Å². The highest BCUT2D eigenvalue weighted by molar-refractivity contribution is 7.15. The lowest BCUT2D eigenvalue weighted by molar-refractivity contribution is 0.0699. The molecule has 2 aromatic heterocycles. The van der Waals surface area contributed by atoms with Gasteiger partial charge in [0.2, 0.25) is 0 Å². The van der Waals surface area contributed by atoms with E-state index in [-0.39, 0.29) is 0 Å². The average molecular weight is 311 g/mol. The molecule has 0 fully saturated rings. The molecule has 0 aliphatic carbocycles. The molecule has 2 heterocycles. The van der Waals surface area contributed by atoms with Gasteiger partial charge in [0.25, 0.3) is 0 Å². The zero-order valence-corrected chi connectivity index (χ0v) is 13.6. The first-order valence-electron chi connectivity index (χ1n) is 7.24. The Balaban J connectivity index is 2.31. The third-order valence-corrected chi connectivity index (χ3v) is 5.00. The van der Waals surface area contributed by atoms with Crippen LogP contribution in [0.4, 0.5) is 0 Å². The SMILES string of the molecule is CCc1ccc(-c2cc(C(=O)O)c3c(C)cc(C)cc3n2)s1. The van der Waals surface area contributed by atoms with Gasteiger partial charge in [-0.2, -0.15) is 0 Å². The van der Waals surface area contributed by atoms with Crippen LogP contribution in [0.5, 0.6) is 0 Å². The normalized spacial score (nSPS) is 11.0. The van der Waals surface area contributed by atoms with Crippen molar-refractivity contribution < 1.29 is 9.90 Å². The third kappa shape index (κ3) is 2.50. The molecule has 0 aliphatic rings. The average Bonchev–Trinajstić information content (AvgIpc) is 2.94. The zero-order valence-electron chi connectivity index (χ0n) is 12.8. The Morgan fingerprint density at radius 3 is 2.64 bits per heavy atom. The summed E-state index contributed by atoms with van der Waals surface area (Å²) in [6.07, 6.45) is 0.974. The number of benzene rings is 1. The molecule has 0 saturated carbocycles. The molecule has 22 heavy (non-hydrogen) atoms. The molecule has 0 aliphatic heterocycles. The van der Waals surface area contributed by atoms with E-state index in [0.29, 0.717) is 5.56 Å². The molecule has 0 atom stereocenters. The Bertz CT molecular complexity index is 880. The molecule has 112 valence electrons. The molecule has 0 spiro atoms. The molecule has 0 radical (unpaired) electrons. The summed E-state index contributed by atoms with van der Waals surface area (Å²) in [6, 6.07) is 9.74. The number of aromatic carboxylic acids is 1. The maximum Gasteiger partial charge on any atom is 0.336 e. The molecule has 0 saturated heterocycles. The van der Waals surface area contributed by atoms with Crippen molar-refractivity contribution in [3.8, 4) is 10.6 Å². The molecule has 0 amide bonds. The maximum atomic E-state index is 11.7. The van der Waals surface area contributed by atoms with E-state index in [9.17, 15) is 9.90 Å². The van der Waals surface area contributed by atoms with Crippen molar-refractivity contribution in [1.29, 1.82) is 0 Å². The number of pyridine rings is 1. The summed E-state index contributed by atoms with van der Waals surface area (Å²) >= 11 is 1.67. The maximum absolute atomic E-state index is 11.7. The summed E-state index contributed by atoms with van der Waals surface area (Å²) in [5.74, 6) is -0.909. The molecule has 3 rings (SSSR count). The van der Waals surface area contributed by atoms with Gasteiger partial charge in [0.15, 0.2) is 0 Å². The molecule has 0 bridgehead atoms. The van der Waals surface area contributed by atoms with Crippen LogP contribution in [0.1, 0.15) is 33.3 Å². The molecular weight excluding hydrogens is 294 g/mol. The molecule has 1 N–H and O–H groups in total. The van der Waals surface area contributed by atoms with Crippen molar-refractivity contribution in [2.24, 2.45) is 0 Å². The topological polar surface area (TPSA) is 50.2 Å². The lowest BCUT2D eigenvalue weighted by Gasteiger charge is -2.09. The minimum atomic E-state index is -0.909. The number of hydrogen-bond donors (Lipinski definition) is 1. The van der Waals surface area contributed by atoms with E-state index >= 15 is 0 Å². The molecule has 0 unspecified atom stereocenters. The summed E-state index contributed by atoms with van der Waals surface area (Å²) in [4.78, 5) is 18.7. The summed E-state index contributed by atoms with van der Waals surface area (Å²) < 4.78 is 0. The highest BCUT2D eigenvalue weighted by Crippen LogP contribution is 2.32. The van der Waals surface area contributed by atoms with E-state index < -0.39 is 5.97 Å². The standard InChI is InChI=1S/C18H17NO2S/c1-4-12-5-6-16(22-12)14-9-13(18(20)21)17-11(3)7-10(2)8-15(17)19-14/h5-9H,4H2,1-3H3,(H,20,21). The number of rotatable bonds is 3. The number of thiophene rings is 1. The predicted molar refractivity (Wildman–Crippen MR) is 90.9 cm³/mol. The number of aryl methyl sites for hydroxylation is 3. The van der Waals surface area contributed by atoms with Crippen LogP contribution in [0, 0.1) is 13.8 Å². The van der Waals surface area contributed by atoms with Crippen LogP contribution in [-0.4, -0.2) is 16.1 Å². The Hall–Kier alpha value is -2.20. The van der Waals surface area contributed by atoms with Crippen LogP contribution in [-0.2, 0) is 6.42 Å². The van der Waals surface area contributed by atoms with Gasteiger partial charge >= 0.3 is 5.97 Å². The van der Waals surface area contributed by atoms with E-state index in [1.807, 2.05) is 32.0 Å².